The van der Waals surface area contributed by atoms with Crippen molar-refractivity contribution in [1.82, 2.24) is 60.9 Å². The Balaban J connectivity index is 4.50. The monoisotopic (exact) mass is 1390 g/mol. The summed E-state index contributed by atoms with van der Waals surface area (Å²) in [7, 11) is 9.54. The average molecular weight is 1390 g/mol. The van der Waals surface area contributed by atoms with Crippen LogP contribution in [0.1, 0.15) is 150 Å². The van der Waals surface area contributed by atoms with Crippen LogP contribution in [0.5, 0.6) is 0 Å². The number of carbonyl (C=O) groups excluding carboxylic acids is 12. The van der Waals surface area contributed by atoms with E-state index in [1.807, 2.05) is 55.4 Å². The molecule has 98 heavy (non-hydrogen) atoms. The summed E-state index contributed by atoms with van der Waals surface area (Å²) in [6.45, 7) is 29.4. The van der Waals surface area contributed by atoms with Crippen molar-refractivity contribution in [3.05, 3.63) is 12.2 Å². The average Bonchev–Trinajstić information content (AvgIpc) is 0.802. The van der Waals surface area contributed by atoms with Gasteiger partial charge in [-0.3, -0.25) is 52.7 Å². The molecule has 29 heteroatoms. The number of rotatable bonds is 24. The molecule has 1 aliphatic heterocycles. The Morgan fingerprint density at radius 1 is 0.510 bits per heavy atom. The molecule has 0 radical (unpaired) electrons. The predicted octanol–water partition coefficient (Wildman–Crippen LogP) is 1.97. The first-order valence-corrected chi connectivity index (χ1v) is 34.7. The first-order valence-electron chi connectivity index (χ1n) is 34.7. The normalized spacial score (nSPS) is 25.1. The van der Waals surface area contributed by atoms with Crippen molar-refractivity contribution in [3.63, 3.8) is 0 Å². The van der Waals surface area contributed by atoms with Gasteiger partial charge < -0.3 is 85.9 Å². The number of aliphatic hydroxyl groups is 1. The van der Waals surface area contributed by atoms with Crippen LogP contribution in [0.3, 0.4) is 0 Å². The van der Waals surface area contributed by atoms with E-state index >= 15 is 24.0 Å². The Morgan fingerprint density at radius 2 is 0.949 bits per heavy atom. The molecule has 1 aliphatic rings. The van der Waals surface area contributed by atoms with Gasteiger partial charge in [0.1, 0.15) is 66.5 Å². The molecule has 1 fully saturated rings. The van der Waals surface area contributed by atoms with Crippen molar-refractivity contribution in [3.8, 4) is 0 Å². The fraction of sp³-hybridized carbons (Fsp3) is 0.797. The molecule has 1 rings (SSSR count). The minimum atomic E-state index is -1.84. The maximum Gasteiger partial charge on any atom is 0.407 e. The van der Waals surface area contributed by atoms with Crippen LogP contribution in [0.4, 0.5) is 4.79 Å². The summed E-state index contributed by atoms with van der Waals surface area (Å²) in [5.41, 5.74) is 5.48. The number of hydrogen-bond acceptors (Lipinski definition) is 17. The standard InChI is InChI=1S/C69H125N13O16/c1-25-26-27-45(14)58(84)57-62(88)75-55(48(17)98-69(95)71-29-31-97-33-32-96-30-28-70)66(92)76(18)38-53(83)77(19)49(34-39(2)3)61(87)74-54(43(10)11)67(93)78(20)50(35-40(4)5)60(86)72-46(15)59(85)73-47(16)63(89)79(21)51(36-41(6)7)64(90)80(22)52(37-42(8)9)65(91)81(23)56(44(12)13)68(94)82(57)24/h25-26,39-52,54-58,84H,27-38,70H2,1-24H3,(H,71,95)(H,72,86)(H,73,85)(H,74,87)(H,75,88)/b26-25+/t45-,46+,47-,48-,49+,50+,51+,52+,54+,55+,56+,57+,58-/m1/s1. The van der Waals surface area contributed by atoms with Gasteiger partial charge in [0, 0.05) is 62.4 Å². The molecule has 0 aromatic carbocycles. The lowest BCUT2D eigenvalue weighted by Gasteiger charge is -2.41. The number of allylic oxidation sites excluding steroid dienone is 2. The zero-order valence-corrected chi connectivity index (χ0v) is 63.4. The molecule has 0 saturated carbocycles. The Morgan fingerprint density at radius 3 is 1.44 bits per heavy atom. The second-order valence-corrected chi connectivity index (χ2v) is 28.7. The molecule has 562 valence electrons. The predicted molar refractivity (Wildman–Crippen MR) is 373 cm³/mol. The van der Waals surface area contributed by atoms with Gasteiger partial charge >= 0.3 is 6.09 Å². The number of nitrogens with zero attached hydrogens (tertiary/aromatic N) is 7. The van der Waals surface area contributed by atoms with E-state index in [-0.39, 0.29) is 82.1 Å². The van der Waals surface area contributed by atoms with Crippen molar-refractivity contribution in [2.75, 3.05) is 95.4 Å². The molecule has 0 aromatic heterocycles. The second-order valence-electron chi connectivity index (χ2n) is 28.7. The third-order valence-corrected chi connectivity index (χ3v) is 17.5. The third kappa shape index (κ3) is 27.3. The lowest BCUT2D eigenvalue weighted by Crippen LogP contribution is -2.64. The van der Waals surface area contributed by atoms with Crippen molar-refractivity contribution >= 4 is 71.1 Å². The van der Waals surface area contributed by atoms with Gasteiger partial charge in [-0.2, -0.15) is 0 Å². The van der Waals surface area contributed by atoms with Crippen LogP contribution >= 0.6 is 0 Å². The van der Waals surface area contributed by atoms with Crippen molar-refractivity contribution in [1.29, 1.82) is 0 Å². The number of hydrogen-bond donors (Lipinski definition) is 7. The summed E-state index contributed by atoms with van der Waals surface area (Å²) >= 11 is 0. The van der Waals surface area contributed by atoms with E-state index in [0.29, 0.717) is 13.2 Å². The van der Waals surface area contributed by atoms with Gasteiger partial charge in [-0.05, 0) is 101 Å². The van der Waals surface area contributed by atoms with E-state index < -0.39 is 168 Å². The van der Waals surface area contributed by atoms with Gasteiger partial charge in [0.25, 0.3) is 0 Å². The van der Waals surface area contributed by atoms with E-state index in [2.05, 4.69) is 26.6 Å². The quantitative estimate of drug-likeness (QED) is 0.0536. The highest BCUT2D eigenvalue weighted by Gasteiger charge is 2.46. The minimum absolute atomic E-state index is 0.0297. The zero-order chi connectivity index (χ0) is 75.5. The smallest absolute Gasteiger partial charge is 0.407 e. The van der Waals surface area contributed by atoms with Gasteiger partial charge in [-0.25, -0.2) is 4.79 Å². The Labute approximate surface area is 583 Å². The summed E-state index contributed by atoms with van der Waals surface area (Å²) in [6, 6.07) is -13.7. The number of nitrogens with two attached hydrogens (primary N) is 1. The largest absolute Gasteiger partial charge is 0.444 e. The van der Waals surface area contributed by atoms with Crippen LogP contribution in [-0.2, 0) is 67.0 Å². The molecule has 13 atom stereocenters. The molecule has 0 spiro atoms. The highest BCUT2D eigenvalue weighted by molar-refractivity contribution is 6.00. The Hall–Kier alpha value is -6.98. The van der Waals surface area contributed by atoms with Crippen molar-refractivity contribution < 1.29 is 76.9 Å². The molecule has 1 heterocycles. The summed E-state index contributed by atoms with van der Waals surface area (Å²) in [4.78, 5) is 185. The van der Waals surface area contributed by atoms with Gasteiger partial charge in [-0.15, -0.1) is 0 Å². The van der Waals surface area contributed by atoms with Crippen LogP contribution < -0.4 is 32.3 Å². The van der Waals surface area contributed by atoms with Crippen LogP contribution in [0.15, 0.2) is 12.2 Å². The highest BCUT2D eigenvalue weighted by Crippen LogP contribution is 2.26. The maximum absolute atomic E-state index is 15.5. The lowest BCUT2D eigenvalue weighted by atomic mass is 9.91. The first-order chi connectivity index (χ1) is 45.5. The molecule has 0 unspecified atom stereocenters. The van der Waals surface area contributed by atoms with E-state index in [1.54, 1.807) is 53.7 Å². The molecule has 0 bridgehead atoms. The summed E-state index contributed by atoms with van der Waals surface area (Å²) in [6.07, 6.45) is -0.138. The van der Waals surface area contributed by atoms with E-state index in [9.17, 15) is 38.7 Å². The SMILES string of the molecule is C/C=C/C[C@@H](C)[C@@H](O)[C@H]1C(=O)N[C@@H]([C@@H](C)OC(=O)NCCOCCOCCN)C(=O)N(C)CC(=O)N(C)[C@@H](CC(C)C)C(=O)N[C@@H](C(C)C)C(=O)N(C)[C@@H](CC(C)C)C(=O)N[C@@H](C)C(=O)N[C@H](C)C(=O)N(C)[C@@H](CC(C)C)C(=O)N(C)[C@@H](CC(C)C)C(=O)N(C)[C@@H](C(C)C)C(=O)N1C. The van der Waals surface area contributed by atoms with Gasteiger partial charge in [0.05, 0.1) is 39.1 Å². The Bertz CT molecular complexity index is 2660. The van der Waals surface area contributed by atoms with Crippen LogP contribution in [-0.4, -0.2) is 278 Å². The number of carbonyl (C=O) groups is 12. The summed E-state index contributed by atoms with van der Waals surface area (Å²) in [5.74, 6) is -11.3. The highest BCUT2D eigenvalue weighted by atomic mass is 16.6. The summed E-state index contributed by atoms with van der Waals surface area (Å²) < 4.78 is 16.6. The molecular weight excluding hydrogens is 1270 g/mol. The molecular formula is C69H125N13O16. The fourth-order valence-electron chi connectivity index (χ4n) is 11.6. The maximum atomic E-state index is 15.5. The molecule has 0 aromatic rings. The number of nitrogens with one attached hydrogen (secondary N) is 5. The van der Waals surface area contributed by atoms with Crippen LogP contribution in [0, 0.1) is 41.4 Å². The topological polar surface area (TPSA) is 362 Å². The number of aliphatic hydroxyl groups excluding tert-OH is 1. The van der Waals surface area contributed by atoms with Gasteiger partial charge in [0.15, 0.2) is 0 Å². The fourth-order valence-corrected chi connectivity index (χ4v) is 11.6. The third-order valence-electron chi connectivity index (χ3n) is 17.5. The van der Waals surface area contributed by atoms with E-state index in [1.165, 1.54) is 89.7 Å². The Kier molecular flexibility index (Phi) is 38.9. The number of alkyl carbamates (subject to hydrolysis) is 1. The number of likely N-dealkylation sites (N-methyl/N-ethyl adjacent to an activating group) is 7. The molecule has 12 amide bonds. The van der Waals surface area contributed by atoms with Crippen LogP contribution in [0.25, 0.3) is 0 Å². The molecule has 8 N–H and O–H groups in total. The summed E-state index contributed by atoms with van der Waals surface area (Å²) in [5, 5.41) is 25.8. The number of amides is 12. The number of ether oxygens (including phenoxy) is 3. The zero-order valence-electron chi connectivity index (χ0n) is 63.4. The minimum Gasteiger partial charge on any atom is -0.444 e. The van der Waals surface area contributed by atoms with Crippen molar-refractivity contribution in [2.45, 2.75) is 222 Å². The molecule has 1 saturated heterocycles. The lowest BCUT2D eigenvalue weighted by molar-refractivity contribution is -0.157. The van der Waals surface area contributed by atoms with E-state index in [4.69, 9.17) is 19.9 Å². The van der Waals surface area contributed by atoms with Crippen molar-refractivity contribution in [2.24, 2.45) is 47.2 Å². The second kappa shape index (κ2) is 42.9. The van der Waals surface area contributed by atoms with Gasteiger partial charge in [-0.1, -0.05) is 102 Å². The van der Waals surface area contributed by atoms with Gasteiger partial charge in [0.2, 0.25) is 65.0 Å². The van der Waals surface area contributed by atoms with E-state index in [0.717, 1.165) is 14.7 Å². The first kappa shape index (κ1) is 89.0. The molecule has 29 nitrogen and oxygen atoms in total. The van der Waals surface area contributed by atoms with Crippen LogP contribution in [0.2, 0.25) is 0 Å². The molecule has 0 aliphatic carbocycles.